The minimum atomic E-state index is -0.411. The number of hydrazine groups is 1. The van der Waals surface area contributed by atoms with Crippen LogP contribution in [0, 0.1) is 0 Å². The standard InChI is InChI=1S/C22H32N2O4/c1-3-4-5-7-20(25)8-6-15-23-16-14-21(26)24(23)17-13-18-9-11-19(12-10-18)22(27)28-2/h6,8-12,20,25H,3-5,7,13-17H2,1-2H3. The van der Waals surface area contributed by atoms with E-state index in [4.69, 9.17) is 4.74 Å². The molecule has 0 spiro atoms. The summed E-state index contributed by atoms with van der Waals surface area (Å²) in [6.07, 6.45) is 8.72. The maximum absolute atomic E-state index is 12.2. The van der Waals surface area contributed by atoms with Crippen molar-refractivity contribution < 1.29 is 19.4 Å². The van der Waals surface area contributed by atoms with Crippen LogP contribution in [0.4, 0.5) is 0 Å². The number of ether oxygens (including phenoxy) is 1. The van der Waals surface area contributed by atoms with Crippen LogP contribution in [0.1, 0.15) is 54.9 Å². The Morgan fingerprint density at radius 1 is 1.29 bits per heavy atom. The molecule has 6 nitrogen and oxygen atoms in total. The molecule has 1 fully saturated rings. The summed E-state index contributed by atoms with van der Waals surface area (Å²) in [5.41, 5.74) is 1.59. The average Bonchev–Trinajstić information content (AvgIpc) is 3.06. The fourth-order valence-electron chi connectivity index (χ4n) is 3.29. The van der Waals surface area contributed by atoms with Gasteiger partial charge in [-0.25, -0.2) is 9.80 Å². The average molecular weight is 389 g/mol. The van der Waals surface area contributed by atoms with Gasteiger partial charge in [0.25, 0.3) is 0 Å². The molecule has 28 heavy (non-hydrogen) atoms. The largest absolute Gasteiger partial charge is 0.465 e. The number of esters is 1. The second-order valence-electron chi connectivity index (χ2n) is 7.11. The molecular weight excluding hydrogens is 356 g/mol. The van der Waals surface area contributed by atoms with E-state index < -0.39 is 6.10 Å². The van der Waals surface area contributed by atoms with Gasteiger partial charge in [-0.05, 0) is 30.5 Å². The number of carbonyl (C=O) groups excluding carboxylic acids is 2. The zero-order valence-electron chi connectivity index (χ0n) is 17.0. The van der Waals surface area contributed by atoms with E-state index in [9.17, 15) is 14.7 Å². The highest BCUT2D eigenvalue weighted by Gasteiger charge is 2.27. The lowest BCUT2D eigenvalue weighted by atomic mass is 10.1. The Hall–Kier alpha value is -2.18. The van der Waals surface area contributed by atoms with Gasteiger partial charge >= 0.3 is 5.97 Å². The van der Waals surface area contributed by atoms with E-state index in [0.29, 0.717) is 38.0 Å². The van der Waals surface area contributed by atoms with Crippen molar-refractivity contribution in [3.05, 3.63) is 47.5 Å². The van der Waals surface area contributed by atoms with Gasteiger partial charge in [0.1, 0.15) is 0 Å². The Morgan fingerprint density at radius 2 is 2.04 bits per heavy atom. The number of aliphatic hydroxyl groups excluding tert-OH is 1. The van der Waals surface area contributed by atoms with Gasteiger partial charge in [-0.15, -0.1) is 0 Å². The van der Waals surface area contributed by atoms with Crippen molar-refractivity contribution in [2.24, 2.45) is 0 Å². The number of benzene rings is 1. The van der Waals surface area contributed by atoms with Crippen molar-refractivity contribution in [1.82, 2.24) is 10.0 Å². The van der Waals surface area contributed by atoms with Gasteiger partial charge in [-0.2, -0.15) is 0 Å². The van der Waals surface area contributed by atoms with Crippen LogP contribution in [0.5, 0.6) is 0 Å². The fraction of sp³-hybridized carbons (Fsp3) is 0.545. The number of rotatable bonds is 11. The number of hydrogen-bond donors (Lipinski definition) is 1. The summed E-state index contributed by atoms with van der Waals surface area (Å²) in [6, 6.07) is 7.27. The van der Waals surface area contributed by atoms with Gasteiger partial charge in [0.2, 0.25) is 5.91 Å². The normalized spacial score (nSPS) is 16.1. The highest BCUT2D eigenvalue weighted by Crippen LogP contribution is 2.14. The maximum atomic E-state index is 12.2. The molecule has 2 rings (SSSR count). The van der Waals surface area contributed by atoms with Crippen LogP contribution < -0.4 is 0 Å². The lowest BCUT2D eigenvalue weighted by Gasteiger charge is -2.27. The molecule has 1 amide bonds. The van der Waals surface area contributed by atoms with Crippen LogP contribution in [0.2, 0.25) is 0 Å². The first-order valence-electron chi connectivity index (χ1n) is 10.1. The third-order valence-corrected chi connectivity index (χ3v) is 4.98. The molecule has 0 bridgehead atoms. The van der Waals surface area contributed by atoms with E-state index in [0.717, 1.165) is 31.2 Å². The molecule has 0 aromatic heterocycles. The van der Waals surface area contributed by atoms with Gasteiger partial charge in [-0.1, -0.05) is 50.5 Å². The summed E-state index contributed by atoms with van der Waals surface area (Å²) >= 11 is 0. The lowest BCUT2D eigenvalue weighted by Crippen LogP contribution is -2.40. The van der Waals surface area contributed by atoms with E-state index in [1.807, 2.05) is 29.3 Å². The van der Waals surface area contributed by atoms with Gasteiger partial charge in [0, 0.05) is 26.1 Å². The predicted molar refractivity (Wildman–Crippen MR) is 109 cm³/mol. The molecular formula is C22H32N2O4. The number of unbranched alkanes of at least 4 members (excludes halogenated alkanes) is 2. The molecule has 1 aromatic carbocycles. The van der Waals surface area contributed by atoms with Crippen molar-refractivity contribution >= 4 is 11.9 Å². The first kappa shape index (κ1) is 22.1. The number of amides is 1. The number of aliphatic hydroxyl groups is 1. The van der Waals surface area contributed by atoms with Crippen molar-refractivity contribution in [2.45, 2.75) is 51.6 Å². The van der Waals surface area contributed by atoms with E-state index in [1.165, 1.54) is 7.11 Å². The number of methoxy groups -OCH3 is 1. The molecule has 0 radical (unpaired) electrons. The van der Waals surface area contributed by atoms with Crippen LogP contribution in [0.25, 0.3) is 0 Å². The van der Waals surface area contributed by atoms with Gasteiger partial charge in [0.15, 0.2) is 0 Å². The third-order valence-electron chi connectivity index (χ3n) is 4.98. The third kappa shape index (κ3) is 6.77. The molecule has 1 atom stereocenters. The Bertz CT molecular complexity index is 657. The molecule has 1 saturated heterocycles. The van der Waals surface area contributed by atoms with Crippen LogP contribution in [0.15, 0.2) is 36.4 Å². The number of carbonyl (C=O) groups is 2. The minimum absolute atomic E-state index is 0.128. The molecule has 1 aliphatic rings. The quantitative estimate of drug-likeness (QED) is 0.359. The maximum Gasteiger partial charge on any atom is 0.337 e. The zero-order chi connectivity index (χ0) is 20.4. The highest BCUT2D eigenvalue weighted by atomic mass is 16.5. The van der Waals surface area contributed by atoms with Crippen LogP contribution in [-0.2, 0) is 16.0 Å². The molecule has 0 aliphatic carbocycles. The Labute approximate surface area is 167 Å². The Balaban J connectivity index is 1.82. The van der Waals surface area contributed by atoms with Gasteiger partial charge in [0.05, 0.1) is 18.8 Å². The SMILES string of the molecule is CCCCCC(O)C=CCN1CCC(=O)N1CCc1ccc(C(=O)OC)cc1. The highest BCUT2D eigenvalue weighted by molar-refractivity contribution is 5.89. The van der Waals surface area contributed by atoms with Crippen LogP contribution in [-0.4, -0.2) is 59.8 Å². The molecule has 1 N–H and O–H groups in total. The second-order valence-corrected chi connectivity index (χ2v) is 7.11. The van der Waals surface area contributed by atoms with E-state index >= 15 is 0 Å². The van der Waals surface area contributed by atoms with E-state index in [2.05, 4.69) is 6.92 Å². The molecule has 0 saturated carbocycles. The topological polar surface area (TPSA) is 70.1 Å². The molecule has 1 aliphatic heterocycles. The molecule has 1 unspecified atom stereocenters. The van der Waals surface area contributed by atoms with Gasteiger partial charge in [-0.3, -0.25) is 9.80 Å². The van der Waals surface area contributed by atoms with Crippen molar-refractivity contribution in [2.75, 3.05) is 26.7 Å². The number of nitrogens with zero attached hydrogens (tertiary/aromatic N) is 2. The second kappa shape index (κ2) is 11.6. The number of hydrogen-bond acceptors (Lipinski definition) is 5. The van der Waals surface area contributed by atoms with Crippen molar-refractivity contribution in [3.8, 4) is 0 Å². The van der Waals surface area contributed by atoms with Gasteiger partial charge < -0.3 is 9.84 Å². The zero-order valence-corrected chi connectivity index (χ0v) is 17.0. The predicted octanol–water partition coefficient (Wildman–Crippen LogP) is 2.96. The summed E-state index contributed by atoms with van der Waals surface area (Å²) in [5.74, 6) is -0.223. The summed E-state index contributed by atoms with van der Waals surface area (Å²) in [6.45, 7) is 4.08. The summed E-state index contributed by atoms with van der Waals surface area (Å²) < 4.78 is 4.70. The Morgan fingerprint density at radius 3 is 2.71 bits per heavy atom. The monoisotopic (exact) mass is 388 g/mol. The molecule has 1 heterocycles. The van der Waals surface area contributed by atoms with E-state index in [1.54, 1.807) is 17.1 Å². The first-order valence-corrected chi connectivity index (χ1v) is 10.1. The van der Waals surface area contributed by atoms with Crippen molar-refractivity contribution in [1.29, 1.82) is 0 Å². The molecule has 1 aromatic rings. The first-order chi connectivity index (χ1) is 13.5. The fourth-order valence-corrected chi connectivity index (χ4v) is 3.29. The van der Waals surface area contributed by atoms with Crippen LogP contribution >= 0.6 is 0 Å². The smallest absolute Gasteiger partial charge is 0.337 e. The lowest BCUT2D eigenvalue weighted by molar-refractivity contribution is -0.137. The molecule has 6 heteroatoms. The summed E-state index contributed by atoms with van der Waals surface area (Å²) in [7, 11) is 1.36. The minimum Gasteiger partial charge on any atom is -0.465 e. The summed E-state index contributed by atoms with van der Waals surface area (Å²) in [5, 5.41) is 13.8. The van der Waals surface area contributed by atoms with Crippen molar-refractivity contribution in [3.63, 3.8) is 0 Å². The Kier molecular flexibility index (Phi) is 9.17. The van der Waals surface area contributed by atoms with Crippen LogP contribution in [0.3, 0.4) is 0 Å². The summed E-state index contributed by atoms with van der Waals surface area (Å²) in [4.78, 5) is 23.7. The molecule has 154 valence electrons. The van der Waals surface area contributed by atoms with E-state index in [-0.39, 0.29) is 11.9 Å².